The molecule has 0 radical (unpaired) electrons. The van der Waals surface area contributed by atoms with E-state index in [1.165, 1.54) is 6.92 Å². The van der Waals surface area contributed by atoms with Gasteiger partial charge in [0, 0.05) is 9.26 Å². The van der Waals surface area contributed by atoms with Crippen molar-refractivity contribution in [3.8, 4) is 6.07 Å². The summed E-state index contributed by atoms with van der Waals surface area (Å²) in [7, 11) is 0. The number of nitrogens with zero attached hydrogens (tertiary/aromatic N) is 1. The van der Waals surface area contributed by atoms with Gasteiger partial charge in [0.1, 0.15) is 11.8 Å². The molecule has 0 spiro atoms. The van der Waals surface area contributed by atoms with Crippen molar-refractivity contribution in [2.24, 2.45) is 0 Å². The maximum Gasteiger partial charge on any atom is 0.269 e. The number of hydrogen-bond donors (Lipinski definition) is 2. The first-order chi connectivity index (χ1) is 7.54. The van der Waals surface area contributed by atoms with Crippen LogP contribution in [0.5, 0.6) is 0 Å². The summed E-state index contributed by atoms with van der Waals surface area (Å²) in [5.74, 6) is -0.893. The van der Waals surface area contributed by atoms with Crippen molar-refractivity contribution in [2.75, 3.05) is 5.32 Å². The fraction of sp³-hybridized carbons (Fsp3) is 0.0909. The zero-order valence-corrected chi connectivity index (χ0v) is 10.6. The van der Waals surface area contributed by atoms with Gasteiger partial charge in [0.15, 0.2) is 5.57 Å². The predicted octanol–water partition coefficient (Wildman–Crippen LogP) is 2.59. The number of hydrogen-bond acceptors (Lipinski definition) is 3. The quantitative estimate of drug-likeness (QED) is 0.379. The molecule has 2 N–H and O–H groups in total. The molecule has 16 heavy (non-hydrogen) atoms. The molecule has 0 atom stereocenters. The van der Waals surface area contributed by atoms with Crippen molar-refractivity contribution in [1.82, 2.24) is 0 Å². The predicted molar refractivity (Wildman–Crippen MR) is 68.7 cm³/mol. The monoisotopic (exact) mass is 328 g/mol. The first-order valence-corrected chi connectivity index (χ1v) is 5.49. The summed E-state index contributed by atoms with van der Waals surface area (Å²) in [5, 5.41) is 20.3. The number of nitrogens with one attached hydrogen (secondary N) is 1. The van der Waals surface area contributed by atoms with Crippen LogP contribution in [0.15, 0.2) is 35.6 Å². The second-order valence-electron chi connectivity index (χ2n) is 3.04. The zero-order chi connectivity index (χ0) is 12.1. The van der Waals surface area contributed by atoms with E-state index in [4.69, 9.17) is 10.4 Å². The average Bonchev–Trinajstić information content (AvgIpc) is 2.17. The SMILES string of the molecule is CC(O)=C(C#N)C(=O)Nc1cccc(I)c1. The van der Waals surface area contributed by atoms with Crippen LogP contribution in [-0.2, 0) is 4.79 Å². The number of anilines is 1. The first-order valence-electron chi connectivity index (χ1n) is 4.41. The van der Waals surface area contributed by atoms with Gasteiger partial charge < -0.3 is 10.4 Å². The van der Waals surface area contributed by atoms with Gasteiger partial charge in [0.2, 0.25) is 0 Å². The van der Waals surface area contributed by atoms with Crippen molar-refractivity contribution in [3.63, 3.8) is 0 Å². The third-order valence-corrected chi connectivity index (χ3v) is 2.45. The smallest absolute Gasteiger partial charge is 0.269 e. The third kappa shape index (κ3) is 3.24. The van der Waals surface area contributed by atoms with Gasteiger partial charge in [-0.05, 0) is 47.7 Å². The molecule has 5 heteroatoms. The number of nitriles is 1. The molecule has 0 bridgehead atoms. The normalized spacial score (nSPS) is 11.3. The van der Waals surface area contributed by atoms with E-state index in [0.29, 0.717) is 5.69 Å². The van der Waals surface area contributed by atoms with E-state index >= 15 is 0 Å². The van der Waals surface area contributed by atoms with Crippen LogP contribution in [0.2, 0.25) is 0 Å². The summed E-state index contributed by atoms with van der Waals surface area (Å²) in [6.07, 6.45) is 0. The molecular formula is C11H9IN2O2. The van der Waals surface area contributed by atoms with Crippen LogP contribution in [0.3, 0.4) is 0 Å². The molecule has 1 rings (SSSR count). The fourth-order valence-corrected chi connectivity index (χ4v) is 1.60. The number of halogens is 1. The summed E-state index contributed by atoms with van der Waals surface area (Å²) in [5.41, 5.74) is 0.310. The molecule has 4 nitrogen and oxygen atoms in total. The lowest BCUT2D eigenvalue weighted by molar-refractivity contribution is -0.112. The summed E-state index contributed by atoms with van der Waals surface area (Å²) in [4.78, 5) is 11.5. The van der Waals surface area contributed by atoms with Crippen LogP contribution in [0.25, 0.3) is 0 Å². The van der Waals surface area contributed by atoms with Crippen LogP contribution in [0.1, 0.15) is 6.92 Å². The second kappa shape index (κ2) is 5.51. The van der Waals surface area contributed by atoms with Gasteiger partial charge >= 0.3 is 0 Å². The maximum atomic E-state index is 11.5. The van der Waals surface area contributed by atoms with E-state index in [-0.39, 0.29) is 11.3 Å². The van der Waals surface area contributed by atoms with Gasteiger partial charge in [-0.15, -0.1) is 0 Å². The Kier molecular flexibility index (Phi) is 4.31. The van der Waals surface area contributed by atoms with E-state index < -0.39 is 5.91 Å². The van der Waals surface area contributed by atoms with Gasteiger partial charge in [-0.2, -0.15) is 5.26 Å². The standard InChI is InChI=1S/C11H9IN2O2/c1-7(15)10(6-13)11(16)14-9-4-2-3-8(12)5-9/h2-5,15H,1H3,(H,14,16). The highest BCUT2D eigenvalue weighted by Crippen LogP contribution is 2.13. The molecule has 0 fully saturated rings. The Balaban J connectivity index is 2.88. The molecule has 0 saturated heterocycles. The molecule has 0 saturated carbocycles. The summed E-state index contributed by atoms with van der Waals surface area (Å²) < 4.78 is 0.971. The van der Waals surface area contributed by atoms with Crippen LogP contribution >= 0.6 is 22.6 Å². The largest absolute Gasteiger partial charge is 0.511 e. The molecule has 1 amide bonds. The number of aliphatic hydroxyl groups excluding tert-OH is 1. The Hall–Kier alpha value is -1.55. The van der Waals surface area contributed by atoms with E-state index in [0.717, 1.165) is 3.57 Å². The van der Waals surface area contributed by atoms with Crippen molar-refractivity contribution in [3.05, 3.63) is 39.2 Å². The minimum Gasteiger partial charge on any atom is -0.511 e. The van der Waals surface area contributed by atoms with Crippen LogP contribution in [0.4, 0.5) is 5.69 Å². The van der Waals surface area contributed by atoms with E-state index in [9.17, 15) is 4.79 Å². The van der Waals surface area contributed by atoms with E-state index in [1.807, 2.05) is 6.07 Å². The third-order valence-electron chi connectivity index (χ3n) is 1.78. The highest BCUT2D eigenvalue weighted by molar-refractivity contribution is 14.1. The Labute approximate surface area is 107 Å². The molecule has 0 aromatic heterocycles. The lowest BCUT2D eigenvalue weighted by atomic mass is 10.2. The molecule has 0 aliphatic rings. The molecule has 1 aromatic carbocycles. The van der Waals surface area contributed by atoms with Crippen molar-refractivity contribution >= 4 is 34.2 Å². The lowest BCUT2D eigenvalue weighted by Gasteiger charge is -2.04. The zero-order valence-electron chi connectivity index (χ0n) is 8.49. The average molecular weight is 328 g/mol. The number of benzene rings is 1. The minimum absolute atomic E-state index is 0.279. The van der Waals surface area contributed by atoms with Crippen molar-refractivity contribution < 1.29 is 9.90 Å². The van der Waals surface area contributed by atoms with E-state index in [2.05, 4.69) is 27.9 Å². The number of amides is 1. The molecule has 82 valence electrons. The van der Waals surface area contributed by atoms with Gasteiger partial charge in [-0.3, -0.25) is 4.79 Å². The maximum absolute atomic E-state index is 11.5. The van der Waals surface area contributed by atoms with Crippen LogP contribution in [-0.4, -0.2) is 11.0 Å². The lowest BCUT2D eigenvalue weighted by Crippen LogP contribution is -2.14. The Morgan fingerprint density at radius 2 is 2.25 bits per heavy atom. The fourth-order valence-electron chi connectivity index (χ4n) is 1.06. The minimum atomic E-state index is -0.607. The Bertz CT molecular complexity index is 485. The van der Waals surface area contributed by atoms with E-state index in [1.54, 1.807) is 24.3 Å². The van der Waals surface area contributed by atoms with Crippen molar-refractivity contribution in [1.29, 1.82) is 5.26 Å². The molecule has 0 heterocycles. The summed E-state index contributed by atoms with van der Waals surface area (Å²) >= 11 is 2.11. The number of aliphatic hydroxyl groups is 1. The number of carbonyl (C=O) groups is 1. The molecular weight excluding hydrogens is 319 g/mol. The molecule has 0 aliphatic carbocycles. The molecule has 1 aromatic rings. The van der Waals surface area contributed by atoms with Crippen LogP contribution in [0, 0.1) is 14.9 Å². The van der Waals surface area contributed by atoms with Gasteiger partial charge in [-0.25, -0.2) is 0 Å². The topological polar surface area (TPSA) is 73.1 Å². The number of rotatable bonds is 2. The second-order valence-corrected chi connectivity index (χ2v) is 4.28. The van der Waals surface area contributed by atoms with Crippen LogP contribution < -0.4 is 5.32 Å². The number of allylic oxidation sites excluding steroid dienone is 1. The summed E-state index contributed by atoms with van der Waals surface area (Å²) in [6, 6.07) is 8.80. The van der Waals surface area contributed by atoms with Gasteiger partial charge in [0.05, 0.1) is 0 Å². The Morgan fingerprint density at radius 3 is 2.75 bits per heavy atom. The first kappa shape index (κ1) is 12.5. The van der Waals surface area contributed by atoms with Crippen molar-refractivity contribution in [2.45, 2.75) is 6.92 Å². The Morgan fingerprint density at radius 1 is 1.56 bits per heavy atom. The number of carbonyl (C=O) groups excluding carboxylic acids is 1. The van der Waals surface area contributed by atoms with Gasteiger partial charge in [-0.1, -0.05) is 6.07 Å². The molecule has 0 aliphatic heterocycles. The highest BCUT2D eigenvalue weighted by Gasteiger charge is 2.12. The highest BCUT2D eigenvalue weighted by atomic mass is 127. The molecule has 0 unspecified atom stereocenters. The summed E-state index contributed by atoms with van der Waals surface area (Å²) in [6.45, 7) is 1.30. The van der Waals surface area contributed by atoms with Gasteiger partial charge in [0.25, 0.3) is 5.91 Å².